The summed E-state index contributed by atoms with van der Waals surface area (Å²) in [5, 5.41) is 12.5. The number of ether oxygens (including phenoxy) is 1. The Bertz CT molecular complexity index is 672. The predicted molar refractivity (Wildman–Crippen MR) is 91.3 cm³/mol. The fourth-order valence-electron chi connectivity index (χ4n) is 2.77. The minimum absolute atomic E-state index is 0.0286. The monoisotopic (exact) mass is 327 g/mol. The Labute approximate surface area is 141 Å². The highest BCUT2D eigenvalue weighted by Gasteiger charge is 2.19. The lowest BCUT2D eigenvalue weighted by Crippen LogP contribution is -2.40. The van der Waals surface area contributed by atoms with E-state index in [0.717, 1.165) is 38.4 Å². The number of hydrogen-bond donors (Lipinski definition) is 2. The van der Waals surface area contributed by atoms with Crippen LogP contribution in [0.1, 0.15) is 22.1 Å². The first-order valence-electron chi connectivity index (χ1n) is 8.04. The molecule has 3 rings (SSSR count). The molecule has 6 nitrogen and oxygen atoms in total. The van der Waals surface area contributed by atoms with Gasteiger partial charge in [-0.05, 0) is 17.7 Å². The summed E-state index contributed by atoms with van der Waals surface area (Å²) in [4.78, 5) is 17.6. The van der Waals surface area contributed by atoms with E-state index in [0.29, 0.717) is 5.82 Å². The third-order valence-electron chi connectivity index (χ3n) is 4.04. The number of carboxylic acids is 1. The summed E-state index contributed by atoms with van der Waals surface area (Å²) in [7, 11) is 0. The van der Waals surface area contributed by atoms with Gasteiger partial charge in [-0.1, -0.05) is 36.4 Å². The highest BCUT2D eigenvalue weighted by molar-refractivity contribution is 5.85. The molecule has 1 aromatic carbocycles. The fraction of sp³-hybridized carbons (Fsp3) is 0.333. The molecule has 126 valence electrons. The van der Waals surface area contributed by atoms with Crippen LogP contribution in [0.2, 0.25) is 0 Å². The molecule has 2 N–H and O–H groups in total. The molecule has 0 saturated carbocycles. The van der Waals surface area contributed by atoms with E-state index in [4.69, 9.17) is 9.84 Å². The number of benzene rings is 1. The highest BCUT2D eigenvalue weighted by atomic mass is 16.5. The summed E-state index contributed by atoms with van der Waals surface area (Å²) < 4.78 is 5.41. The molecule has 0 amide bonds. The van der Waals surface area contributed by atoms with Crippen molar-refractivity contribution >= 4 is 11.8 Å². The van der Waals surface area contributed by atoms with Crippen molar-refractivity contribution in [1.29, 1.82) is 0 Å². The molecule has 0 spiro atoms. The molecule has 1 aliphatic heterocycles. The van der Waals surface area contributed by atoms with Crippen molar-refractivity contribution in [2.75, 3.05) is 38.2 Å². The maximum Gasteiger partial charge on any atom is 0.354 e. The van der Waals surface area contributed by atoms with Gasteiger partial charge < -0.3 is 15.2 Å². The van der Waals surface area contributed by atoms with Crippen LogP contribution in [0.15, 0.2) is 48.5 Å². The number of anilines is 1. The summed E-state index contributed by atoms with van der Waals surface area (Å²) in [6.45, 7) is 4.09. The fourth-order valence-corrected chi connectivity index (χ4v) is 2.77. The van der Waals surface area contributed by atoms with Crippen molar-refractivity contribution in [2.24, 2.45) is 0 Å². The molecule has 0 bridgehead atoms. The van der Waals surface area contributed by atoms with Gasteiger partial charge in [-0.2, -0.15) is 0 Å². The first-order chi connectivity index (χ1) is 11.7. The van der Waals surface area contributed by atoms with Crippen LogP contribution in [0, 0.1) is 0 Å². The molecule has 1 aromatic heterocycles. The summed E-state index contributed by atoms with van der Waals surface area (Å²) >= 11 is 0. The first-order valence-corrected chi connectivity index (χ1v) is 8.04. The number of rotatable bonds is 6. The molecule has 0 radical (unpaired) electrons. The van der Waals surface area contributed by atoms with Crippen LogP contribution in [-0.2, 0) is 4.74 Å². The summed E-state index contributed by atoms with van der Waals surface area (Å²) in [6, 6.07) is 15.1. The number of pyridine rings is 1. The zero-order chi connectivity index (χ0) is 16.8. The Morgan fingerprint density at radius 2 is 1.92 bits per heavy atom. The lowest BCUT2D eigenvalue weighted by atomic mass is 10.1. The SMILES string of the molecule is O=C(O)c1cccc(NC(CN2CCOCC2)c2ccccc2)n1. The van der Waals surface area contributed by atoms with Gasteiger partial charge >= 0.3 is 5.97 Å². The lowest BCUT2D eigenvalue weighted by molar-refractivity contribution is 0.0360. The van der Waals surface area contributed by atoms with Gasteiger partial charge in [-0.25, -0.2) is 9.78 Å². The zero-order valence-corrected chi connectivity index (χ0v) is 13.4. The third kappa shape index (κ3) is 4.31. The number of nitrogens with one attached hydrogen (secondary N) is 1. The molecule has 1 aliphatic rings. The lowest BCUT2D eigenvalue weighted by Gasteiger charge is -2.31. The van der Waals surface area contributed by atoms with Gasteiger partial charge in [0.25, 0.3) is 0 Å². The Hall–Kier alpha value is -2.44. The third-order valence-corrected chi connectivity index (χ3v) is 4.04. The quantitative estimate of drug-likeness (QED) is 0.848. The molecule has 1 unspecified atom stereocenters. The van der Waals surface area contributed by atoms with E-state index in [-0.39, 0.29) is 11.7 Å². The van der Waals surface area contributed by atoms with E-state index in [1.807, 2.05) is 18.2 Å². The van der Waals surface area contributed by atoms with Crippen molar-refractivity contribution in [1.82, 2.24) is 9.88 Å². The van der Waals surface area contributed by atoms with Gasteiger partial charge in [0.2, 0.25) is 0 Å². The molecule has 0 aliphatic carbocycles. The van der Waals surface area contributed by atoms with E-state index >= 15 is 0 Å². The number of morpholine rings is 1. The second-order valence-electron chi connectivity index (χ2n) is 5.73. The van der Waals surface area contributed by atoms with Gasteiger partial charge in [0.15, 0.2) is 5.69 Å². The normalized spacial score (nSPS) is 16.5. The molecule has 2 aromatic rings. The van der Waals surface area contributed by atoms with Crippen LogP contribution in [0.5, 0.6) is 0 Å². The highest BCUT2D eigenvalue weighted by Crippen LogP contribution is 2.20. The Balaban J connectivity index is 1.79. The first kappa shape index (κ1) is 16.4. The molecule has 1 fully saturated rings. The minimum atomic E-state index is -1.02. The van der Waals surface area contributed by atoms with E-state index < -0.39 is 5.97 Å². The average molecular weight is 327 g/mol. The van der Waals surface area contributed by atoms with Crippen LogP contribution in [0.4, 0.5) is 5.82 Å². The van der Waals surface area contributed by atoms with Crippen LogP contribution in [-0.4, -0.2) is 53.8 Å². The predicted octanol–water partition coefficient (Wildman–Crippen LogP) is 2.27. The number of aromatic nitrogens is 1. The van der Waals surface area contributed by atoms with Gasteiger partial charge in [0, 0.05) is 19.6 Å². The van der Waals surface area contributed by atoms with E-state index in [1.54, 1.807) is 12.1 Å². The number of nitrogens with zero attached hydrogens (tertiary/aromatic N) is 2. The van der Waals surface area contributed by atoms with E-state index in [2.05, 4.69) is 27.3 Å². The molecule has 2 heterocycles. The van der Waals surface area contributed by atoms with Crippen molar-refractivity contribution in [3.63, 3.8) is 0 Å². The smallest absolute Gasteiger partial charge is 0.354 e. The molecular weight excluding hydrogens is 306 g/mol. The Kier molecular flexibility index (Phi) is 5.40. The summed E-state index contributed by atoms with van der Waals surface area (Å²) in [5.74, 6) is -0.458. The Morgan fingerprint density at radius 1 is 1.17 bits per heavy atom. The average Bonchev–Trinajstić information content (AvgIpc) is 2.63. The van der Waals surface area contributed by atoms with Crippen molar-refractivity contribution < 1.29 is 14.6 Å². The number of carboxylic acid groups (broad SMARTS) is 1. The van der Waals surface area contributed by atoms with Crippen LogP contribution in [0.3, 0.4) is 0 Å². The van der Waals surface area contributed by atoms with Crippen LogP contribution < -0.4 is 5.32 Å². The number of hydrogen-bond acceptors (Lipinski definition) is 5. The van der Waals surface area contributed by atoms with E-state index in [1.165, 1.54) is 6.07 Å². The van der Waals surface area contributed by atoms with Crippen molar-refractivity contribution in [3.05, 3.63) is 59.8 Å². The number of carbonyl (C=O) groups is 1. The molecular formula is C18H21N3O3. The van der Waals surface area contributed by atoms with E-state index in [9.17, 15) is 4.79 Å². The molecule has 24 heavy (non-hydrogen) atoms. The molecule has 1 atom stereocenters. The maximum atomic E-state index is 11.1. The van der Waals surface area contributed by atoms with Crippen LogP contribution in [0.25, 0.3) is 0 Å². The molecule has 1 saturated heterocycles. The summed E-state index contributed by atoms with van der Waals surface area (Å²) in [6.07, 6.45) is 0. The van der Waals surface area contributed by atoms with Gasteiger partial charge in [-0.3, -0.25) is 4.90 Å². The van der Waals surface area contributed by atoms with Gasteiger partial charge in [0.1, 0.15) is 5.82 Å². The Morgan fingerprint density at radius 3 is 2.62 bits per heavy atom. The van der Waals surface area contributed by atoms with Crippen molar-refractivity contribution in [3.8, 4) is 0 Å². The number of aromatic carboxylic acids is 1. The van der Waals surface area contributed by atoms with Gasteiger partial charge in [-0.15, -0.1) is 0 Å². The van der Waals surface area contributed by atoms with Gasteiger partial charge in [0.05, 0.1) is 19.3 Å². The largest absolute Gasteiger partial charge is 0.477 e. The maximum absolute atomic E-state index is 11.1. The minimum Gasteiger partial charge on any atom is -0.477 e. The summed E-state index contributed by atoms with van der Waals surface area (Å²) in [5.41, 5.74) is 1.18. The topological polar surface area (TPSA) is 74.7 Å². The second-order valence-corrected chi connectivity index (χ2v) is 5.73. The second kappa shape index (κ2) is 7.90. The standard InChI is InChI=1S/C18H21N3O3/c22-18(23)15-7-4-8-17(19-15)20-16(14-5-2-1-3-6-14)13-21-9-11-24-12-10-21/h1-8,16H,9-13H2,(H,19,20)(H,22,23). The molecule has 6 heteroatoms. The van der Waals surface area contributed by atoms with Crippen LogP contribution >= 0.6 is 0 Å². The zero-order valence-electron chi connectivity index (χ0n) is 13.4. The van der Waals surface area contributed by atoms with Crippen molar-refractivity contribution in [2.45, 2.75) is 6.04 Å².